The smallest absolute Gasteiger partial charge is 0.0156 e. The van der Waals surface area contributed by atoms with E-state index in [-0.39, 0.29) is 0 Å². The molecule has 0 saturated heterocycles. The van der Waals surface area contributed by atoms with Crippen molar-refractivity contribution >= 4 is 0 Å². The summed E-state index contributed by atoms with van der Waals surface area (Å²) in [6, 6.07) is 0. The molecule has 0 heteroatoms. The lowest BCUT2D eigenvalue weighted by Gasteiger charge is -2.41. The highest BCUT2D eigenvalue weighted by molar-refractivity contribution is 5.25. The summed E-state index contributed by atoms with van der Waals surface area (Å²) < 4.78 is 0. The van der Waals surface area contributed by atoms with E-state index >= 15 is 0 Å². The van der Waals surface area contributed by atoms with Gasteiger partial charge in [-0.2, -0.15) is 0 Å². The van der Waals surface area contributed by atoms with Gasteiger partial charge < -0.3 is 0 Å². The first-order valence-electron chi connectivity index (χ1n) is 13.9. The summed E-state index contributed by atoms with van der Waals surface area (Å²) in [7, 11) is 0. The minimum Gasteiger partial charge on any atom is -0.0851 e. The van der Waals surface area contributed by atoms with Gasteiger partial charge in [-0.25, -0.2) is 0 Å². The number of hydrogen-bond donors (Lipinski definition) is 0. The van der Waals surface area contributed by atoms with E-state index in [1.165, 1.54) is 36.0 Å². The minimum atomic E-state index is 0.445. The Hall–Kier alpha value is -2.08. The molecule has 4 unspecified atom stereocenters. The molecule has 1 aliphatic rings. The highest BCUT2D eigenvalue weighted by atomic mass is 14.4. The third-order valence-electron chi connectivity index (χ3n) is 7.12. The van der Waals surface area contributed by atoms with Crippen molar-refractivity contribution in [2.75, 3.05) is 0 Å². The Bertz CT molecular complexity index is 842. The summed E-state index contributed by atoms with van der Waals surface area (Å²) in [6.07, 6.45) is 35.6. The molecule has 0 bridgehead atoms. The van der Waals surface area contributed by atoms with Gasteiger partial charge in [0.05, 0.1) is 0 Å². The maximum absolute atomic E-state index is 2.53. The van der Waals surface area contributed by atoms with E-state index in [9.17, 15) is 0 Å². The van der Waals surface area contributed by atoms with E-state index in [1.807, 2.05) is 0 Å². The van der Waals surface area contributed by atoms with Gasteiger partial charge in [-0.15, -0.1) is 0 Å². The van der Waals surface area contributed by atoms with Gasteiger partial charge in [0.15, 0.2) is 0 Å². The average Bonchev–Trinajstić information content (AvgIpc) is 2.75. The van der Waals surface area contributed by atoms with E-state index in [2.05, 4.69) is 141 Å². The quantitative estimate of drug-likeness (QED) is 0.195. The molecule has 0 aromatic rings. The van der Waals surface area contributed by atoms with Crippen LogP contribution in [0, 0.1) is 29.1 Å². The lowest BCUT2D eigenvalue weighted by atomic mass is 9.64. The molecular weight excluding hydrogens is 420 g/mol. The van der Waals surface area contributed by atoms with E-state index < -0.39 is 0 Å². The summed E-state index contributed by atoms with van der Waals surface area (Å²) in [5.74, 6) is 2.65. The molecule has 1 aliphatic carbocycles. The summed E-state index contributed by atoms with van der Waals surface area (Å²) in [5, 5.41) is 0. The van der Waals surface area contributed by atoms with Crippen molar-refractivity contribution in [1.29, 1.82) is 0 Å². The summed E-state index contributed by atoms with van der Waals surface area (Å²) >= 11 is 0. The fraction of sp³-hybridized carbons (Fsp3) is 0.543. The third kappa shape index (κ3) is 14.2. The van der Waals surface area contributed by atoms with Crippen LogP contribution >= 0.6 is 0 Å². The second-order valence-corrected chi connectivity index (χ2v) is 11.8. The van der Waals surface area contributed by atoms with Crippen LogP contribution in [0.25, 0.3) is 0 Å². The van der Waals surface area contributed by atoms with Crippen LogP contribution < -0.4 is 0 Å². The lowest BCUT2D eigenvalue weighted by Crippen LogP contribution is -2.32. The SMILES string of the molecule is CC(C)=C/C=C/C(C)=C/C=C/C(C)C/C=C/C=C(C)/C=C/CC(C)/C=C/C1C(C)CCCC1(C)C. The number of allylic oxidation sites excluding steroid dienone is 16. The Labute approximate surface area is 219 Å². The van der Waals surface area contributed by atoms with Crippen LogP contribution in [0.4, 0.5) is 0 Å². The Kier molecular flexibility index (Phi) is 14.6. The molecule has 194 valence electrons. The molecule has 1 saturated carbocycles. The van der Waals surface area contributed by atoms with Crippen molar-refractivity contribution in [1.82, 2.24) is 0 Å². The zero-order valence-electron chi connectivity index (χ0n) is 24.4. The molecule has 0 radical (unpaired) electrons. The van der Waals surface area contributed by atoms with Crippen LogP contribution in [0.5, 0.6) is 0 Å². The molecule has 0 N–H and O–H groups in total. The van der Waals surface area contributed by atoms with Crippen LogP contribution in [0.2, 0.25) is 0 Å². The van der Waals surface area contributed by atoms with Gasteiger partial charge in [-0.05, 0) is 76.0 Å². The minimum absolute atomic E-state index is 0.445. The van der Waals surface area contributed by atoms with Gasteiger partial charge >= 0.3 is 0 Å². The van der Waals surface area contributed by atoms with Crippen molar-refractivity contribution in [2.24, 2.45) is 29.1 Å². The Morgan fingerprint density at radius 1 is 0.800 bits per heavy atom. The second-order valence-electron chi connectivity index (χ2n) is 11.8. The second kappa shape index (κ2) is 16.6. The normalized spacial score (nSPS) is 23.8. The van der Waals surface area contributed by atoms with Crippen molar-refractivity contribution in [3.8, 4) is 0 Å². The lowest BCUT2D eigenvalue weighted by molar-refractivity contribution is 0.122. The van der Waals surface area contributed by atoms with E-state index in [0.29, 0.717) is 17.3 Å². The van der Waals surface area contributed by atoms with Gasteiger partial charge in [-0.3, -0.25) is 0 Å². The van der Waals surface area contributed by atoms with Crippen LogP contribution in [0.1, 0.15) is 94.4 Å². The molecule has 0 heterocycles. The molecule has 0 aliphatic heterocycles. The van der Waals surface area contributed by atoms with Gasteiger partial charge in [0, 0.05) is 0 Å². The molecular formula is C35H54. The zero-order chi connectivity index (χ0) is 26.3. The van der Waals surface area contributed by atoms with E-state index in [4.69, 9.17) is 0 Å². The molecule has 0 aromatic carbocycles. The molecule has 0 amide bonds. The van der Waals surface area contributed by atoms with Gasteiger partial charge in [0.2, 0.25) is 0 Å². The molecule has 1 rings (SSSR count). The fourth-order valence-electron chi connectivity index (χ4n) is 4.79. The molecule has 0 nitrogen and oxygen atoms in total. The van der Waals surface area contributed by atoms with E-state index in [0.717, 1.165) is 24.7 Å². The summed E-state index contributed by atoms with van der Waals surface area (Å²) in [6.45, 7) is 20.5. The Morgan fingerprint density at radius 2 is 1.43 bits per heavy atom. The summed E-state index contributed by atoms with van der Waals surface area (Å²) in [5.41, 5.74) is 4.34. The van der Waals surface area contributed by atoms with Crippen LogP contribution in [0.3, 0.4) is 0 Å². The monoisotopic (exact) mass is 474 g/mol. The molecule has 1 fully saturated rings. The maximum atomic E-state index is 2.53. The van der Waals surface area contributed by atoms with E-state index in [1.54, 1.807) is 0 Å². The molecule has 35 heavy (non-hydrogen) atoms. The highest BCUT2D eigenvalue weighted by Gasteiger charge is 2.34. The predicted octanol–water partition coefficient (Wildman–Crippen LogP) is 11.1. The number of rotatable bonds is 12. The number of hydrogen-bond acceptors (Lipinski definition) is 0. The average molecular weight is 475 g/mol. The standard InChI is InChI=1S/C35H54/c1-28(2)16-12-19-31(5)22-13-20-29(3)17-10-11-18-30(4)21-14-23-32(6)25-26-34-33(7)24-15-27-35(34,8)9/h10-14,16,18-22,25-26,29,32-34H,15,17,23-24,27H2,1-9H3/b11-10+,19-12+,20-13+,21-14+,26-25+,30-18+,31-22+. The third-order valence-corrected chi connectivity index (χ3v) is 7.12. The molecule has 4 atom stereocenters. The van der Waals surface area contributed by atoms with Gasteiger partial charge in [0.25, 0.3) is 0 Å². The Morgan fingerprint density at radius 3 is 2.11 bits per heavy atom. The first-order valence-corrected chi connectivity index (χ1v) is 13.9. The van der Waals surface area contributed by atoms with Crippen LogP contribution in [-0.2, 0) is 0 Å². The van der Waals surface area contributed by atoms with Crippen molar-refractivity contribution in [3.05, 3.63) is 95.7 Å². The fourth-order valence-corrected chi connectivity index (χ4v) is 4.79. The summed E-state index contributed by atoms with van der Waals surface area (Å²) in [4.78, 5) is 0. The van der Waals surface area contributed by atoms with Gasteiger partial charge in [0.1, 0.15) is 0 Å². The largest absolute Gasteiger partial charge is 0.0851 e. The van der Waals surface area contributed by atoms with Crippen molar-refractivity contribution < 1.29 is 0 Å². The zero-order valence-corrected chi connectivity index (χ0v) is 24.4. The Balaban J connectivity index is 2.42. The van der Waals surface area contributed by atoms with Crippen LogP contribution in [-0.4, -0.2) is 0 Å². The highest BCUT2D eigenvalue weighted by Crippen LogP contribution is 2.44. The maximum Gasteiger partial charge on any atom is -0.0156 e. The molecule has 0 aromatic heterocycles. The van der Waals surface area contributed by atoms with Crippen molar-refractivity contribution in [3.63, 3.8) is 0 Å². The first kappa shape index (κ1) is 31.0. The molecule has 0 spiro atoms. The van der Waals surface area contributed by atoms with Crippen molar-refractivity contribution in [2.45, 2.75) is 94.4 Å². The van der Waals surface area contributed by atoms with Crippen LogP contribution in [0.15, 0.2) is 95.7 Å². The first-order chi connectivity index (χ1) is 16.5. The topological polar surface area (TPSA) is 0 Å². The predicted molar refractivity (Wildman–Crippen MR) is 160 cm³/mol. The van der Waals surface area contributed by atoms with Gasteiger partial charge in [-0.1, -0.05) is 143 Å².